The predicted octanol–water partition coefficient (Wildman–Crippen LogP) is 4.10. The van der Waals surface area contributed by atoms with Crippen molar-refractivity contribution >= 4 is 0 Å². The van der Waals surface area contributed by atoms with E-state index in [0.717, 1.165) is 23.9 Å². The maximum absolute atomic E-state index is 3.90. The standard InChI is InChI=1S/C18H36N2/c1-15(2)9-5-7-13-19-17-11-4-3-10-16(17)18-12-6-8-14-20-18/h15-20H,3-14H2,1-2H3. The van der Waals surface area contributed by atoms with Gasteiger partial charge in [-0.3, -0.25) is 0 Å². The Balaban J connectivity index is 1.69. The van der Waals surface area contributed by atoms with E-state index in [0.29, 0.717) is 0 Å². The van der Waals surface area contributed by atoms with Crippen molar-refractivity contribution < 1.29 is 0 Å². The summed E-state index contributed by atoms with van der Waals surface area (Å²) in [4.78, 5) is 0. The molecule has 0 aromatic carbocycles. The molecule has 2 fully saturated rings. The highest BCUT2D eigenvalue weighted by atomic mass is 15.0. The van der Waals surface area contributed by atoms with Crippen molar-refractivity contribution in [2.45, 2.75) is 90.1 Å². The molecule has 118 valence electrons. The molecule has 0 amide bonds. The molecular weight excluding hydrogens is 244 g/mol. The van der Waals surface area contributed by atoms with Crippen molar-refractivity contribution in [2.75, 3.05) is 13.1 Å². The first-order valence-corrected chi connectivity index (χ1v) is 9.24. The van der Waals surface area contributed by atoms with Gasteiger partial charge >= 0.3 is 0 Å². The van der Waals surface area contributed by atoms with Crippen molar-refractivity contribution in [1.29, 1.82) is 0 Å². The molecule has 1 saturated carbocycles. The second-order valence-electron chi connectivity index (χ2n) is 7.45. The quantitative estimate of drug-likeness (QED) is 0.686. The van der Waals surface area contributed by atoms with E-state index in [-0.39, 0.29) is 0 Å². The van der Waals surface area contributed by atoms with Gasteiger partial charge in [-0.2, -0.15) is 0 Å². The van der Waals surface area contributed by atoms with Gasteiger partial charge in [0.2, 0.25) is 0 Å². The molecule has 1 aliphatic carbocycles. The van der Waals surface area contributed by atoms with Crippen molar-refractivity contribution in [2.24, 2.45) is 11.8 Å². The van der Waals surface area contributed by atoms with Crippen LogP contribution in [0, 0.1) is 11.8 Å². The van der Waals surface area contributed by atoms with E-state index in [9.17, 15) is 0 Å². The summed E-state index contributed by atoms with van der Waals surface area (Å²) in [6.45, 7) is 7.15. The van der Waals surface area contributed by atoms with Gasteiger partial charge in [0, 0.05) is 12.1 Å². The third kappa shape index (κ3) is 5.37. The van der Waals surface area contributed by atoms with Crippen molar-refractivity contribution in [3.8, 4) is 0 Å². The number of hydrogen-bond donors (Lipinski definition) is 2. The van der Waals surface area contributed by atoms with Crippen molar-refractivity contribution in [3.05, 3.63) is 0 Å². The minimum absolute atomic E-state index is 0.790. The molecule has 3 unspecified atom stereocenters. The molecule has 0 spiro atoms. The Bertz CT molecular complexity index is 246. The lowest BCUT2D eigenvalue weighted by Gasteiger charge is -2.40. The van der Waals surface area contributed by atoms with Crippen LogP contribution >= 0.6 is 0 Å². The minimum Gasteiger partial charge on any atom is -0.314 e. The van der Waals surface area contributed by atoms with Gasteiger partial charge in [-0.05, 0) is 57.0 Å². The largest absolute Gasteiger partial charge is 0.314 e. The summed E-state index contributed by atoms with van der Waals surface area (Å²) in [7, 11) is 0. The van der Waals surface area contributed by atoms with Crippen molar-refractivity contribution in [3.63, 3.8) is 0 Å². The molecule has 0 aromatic heterocycles. The number of piperidine rings is 1. The third-order valence-electron chi connectivity index (χ3n) is 5.30. The number of hydrogen-bond acceptors (Lipinski definition) is 2. The fraction of sp³-hybridized carbons (Fsp3) is 1.00. The zero-order chi connectivity index (χ0) is 14.2. The molecule has 20 heavy (non-hydrogen) atoms. The van der Waals surface area contributed by atoms with E-state index in [1.165, 1.54) is 77.3 Å². The average Bonchev–Trinajstić information content (AvgIpc) is 2.48. The summed E-state index contributed by atoms with van der Waals surface area (Å²) in [5.74, 6) is 1.76. The Hall–Kier alpha value is -0.0800. The maximum Gasteiger partial charge on any atom is 0.0110 e. The molecule has 2 heteroatoms. The molecule has 1 saturated heterocycles. The van der Waals surface area contributed by atoms with E-state index in [1.807, 2.05) is 0 Å². The fourth-order valence-corrected chi connectivity index (χ4v) is 4.10. The molecule has 0 bridgehead atoms. The maximum atomic E-state index is 3.90. The Labute approximate surface area is 126 Å². The second kappa shape index (κ2) is 9.04. The summed E-state index contributed by atoms with van der Waals surface area (Å²) >= 11 is 0. The summed E-state index contributed by atoms with van der Waals surface area (Å²) < 4.78 is 0. The van der Waals surface area contributed by atoms with Gasteiger partial charge < -0.3 is 10.6 Å². The van der Waals surface area contributed by atoms with Gasteiger partial charge in [-0.25, -0.2) is 0 Å². The SMILES string of the molecule is CC(C)CCCCNC1CCCCC1C1CCCCN1. The van der Waals surface area contributed by atoms with Crippen LogP contribution in [0.3, 0.4) is 0 Å². The van der Waals surface area contributed by atoms with Gasteiger partial charge in [0.15, 0.2) is 0 Å². The van der Waals surface area contributed by atoms with E-state index in [1.54, 1.807) is 0 Å². The summed E-state index contributed by atoms with van der Waals surface area (Å²) in [5.41, 5.74) is 0. The highest BCUT2D eigenvalue weighted by molar-refractivity contribution is 4.90. The second-order valence-corrected chi connectivity index (χ2v) is 7.45. The average molecular weight is 280 g/mol. The molecular formula is C18H36N2. The fourth-order valence-electron chi connectivity index (χ4n) is 4.10. The van der Waals surface area contributed by atoms with Crippen LogP contribution in [-0.4, -0.2) is 25.2 Å². The predicted molar refractivity (Wildman–Crippen MR) is 88.1 cm³/mol. The highest BCUT2D eigenvalue weighted by Crippen LogP contribution is 2.30. The van der Waals surface area contributed by atoms with Crippen LogP contribution in [0.5, 0.6) is 0 Å². The van der Waals surface area contributed by atoms with Gasteiger partial charge in [0.1, 0.15) is 0 Å². The van der Waals surface area contributed by atoms with Crippen molar-refractivity contribution in [1.82, 2.24) is 10.6 Å². The molecule has 2 rings (SSSR count). The summed E-state index contributed by atoms with van der Waals surface area (Å²) in [5, 5.41) is 7.70. The lowest BCUT2D eigenvalue weighted by atomic mass is 9.77. The molecule has 2 aliphatic rings. The third-order valence-corrected chi connectivity index (χ3v) is 5.30. The van der Waals surface area contributed by atoms with E-state index in [2.05, 4.69) is 24.5 Å². The van der Waals surface area contributed by atoms with Gasteiger partial charge in [-0.1, -0.05) is 46.0 Å². The number of unbranched alkanes of at least 4 members (excludes halogenated alkanes) is 1. The van der Waals surface area contributed by atoms with Crippen LogP contribution in [-0.2, 0) is 0 Å². The van der Waals surface area contributed by atoms with Gasteiger partial charge in [0.05, 0.1) is 0 Å². The first-order chi connectivity index (χ1) is 9.77. The number of rotatable bonds is 7. The van der Waals surface area contributed by atoms with Crippen LogP contribution in [0.4, 0.5) is 0 Å². The van der Waals surface area contributed by atoms with Gasteiger partial charge in [-0.15, -0.1) is 0 Å². The Morgan fingerprint density at radius 1 is 1.00 bits per heavy atom. The first kappa shape index (κ1) is 16.3. The highest BCUT2D eigenvalue weighted by Gasteiger charge is 2.31. The van der Waals surface area contributed by atoms with Crippen LogP contribution in [0.25, 0.3) is 0 Å². The lowest BCUT2D eigenvalue weighted by Crippen LogP contribution is -2.50. The van der Waals surface area contributed by atoms with Crippen LogP contribution in [0.15, 0.2) is 0 Å². The molecule has 3 atom stereocenters. The molecule has 0 radical (unpaired) electrons. The minimum atomic E-state index is 0.790. The van der Waals surface area contributed by atoms with Crippen LogP contribution < -0.4 is 10.6 Å². The van der Waals surface area contributed by atoms with Crippen LogP contribution in [0.2, 0.25) is 0 Å². The zero-order valence-electron chi connectivity index (χ0n) is 13.8. The Kier molecular flexibility index (Phi) is 7.37. The first-order valence-electron chi connectivity index (χ1n) is 9.24. The zero-order valence-corrected chi connectivity index (χ0v) is 13.8. The van der Waals surface area contributed by atoms with E-state index in [4.69, 9.17) is 0 Å². The summed E-state index contributed by atoms with van der Waals surface area (Å²) in [6, 6.07) is 1.59. The van der Waals surface area contributed by atoms with Gasteiger partial charge in [0.25, 0.3) is 0 Å². The molecule has 1 heterocycles. The Morgan fingerprint density at radius 2 is 1.80 bits per heavy atom. The van der Waals surface area contributed by atoms with E-state index >= 15 is 0 Å². The molecule has 0 aromatic rings. The topological polar surface area (TPSA) is 24.1 Å². The molecule has 1 aliphatic heterocycles. The summed E-state index contributed by atoms with van der Waals surface area (Å²) in [6.07, 6.45) is 14.1. The van der Waals surface area contributed by atoms with Crippen LogP contribution in [0.1, 0.15) is 78.1 Å². The molecule has 2 nitrogen and oxygen atoms in total. The monoisotopic (exact) mass is 280 g/mol. The lowest BCUT2D eigenvalue weighted by molar-refractivity contribution is 0.181. The number of nitrogens with one attached hydrogen (secondary N) is 2. The Morgan fingerprint density at radius 3 is 2.55 bits per heavy atom. The van der Waals surface area contributed by atoms with E-state index < -0.39 is 0 Å². The smallest absolute Gasteiger partial charge is 0.0110 e. The normalized spacial score (nSPS) is 31.6. The molecule has 2 N–H and O–H groups in total.